The predicted octanol–water partition coefficient (Wildman–Crippen LogP) is 2.05. The topological polar surface area (TPSA) is 75.7 Å². The Bertz CT molecular complexity index is 712. The molecule has 0 bridgehead atoms. The van der Waals surface area contributed by atoms with E-state index in [1.54, 1.807) is 24.3 Å². The van der Waals surface area contributed by atoms with E-state index in [0.717, 1.165) is 9.86 Å². The molecule has 0 aliphatic carbocycles. The summed E-state index contributed by atoms with van der Waals surface area (Å²) in [6, 6.07) is 9.61. The number of aromatic carboxylic acids is 1. The second-order valence-electron chi connectivity index (χ2n) is 4.43. The van der Waals surface area contributed by atoms with Gasteiger partial charge in [0.15, 0.2) is 11.5 Å². The van der Waals surface area contributed by atoms with Gasteiger partial charge in [-0.25, -0.2) is 0 Å². The number of ether oxygens (including phenoxy) is 2. The van der Waals surface area contributed by atoms with E-state index in [4.69, 9.17) is 9.47 Å². The molecule has 0 N–H and O–H groups in total. The number of carboxylic acid groups (broad SMARTS) is 1. The molecule has 0 radical (unpaired) electrons. The summed E-state index contributed by atoms with van der Waals surface area (Å²) in [5.41, 5.74) is 1.28. The van der Waals surface area contributed by atoms with Crippen LogP contribution >= 0.6 is 22.6 Å². The van der Waals surface area contributed by atoms with Gasteiger partial charge < -0.3 is 19.4 Å². The van der Waals surface area contributed by atoms with Crippen molar-refractivity contribution in [2.45, 2.75) is 6.61 Å². The number of carbonyl (C=O) groups is 2. The lowest BCUT2D eigenvalue weighted by atomic mass is 10.1. The normalized spacial score (nSPS) is 10.1. The van der Waals surface area contributed by atoms with E-state index in [2.05, 4.69) is 22.6 Å². The highest BCUT2D eigenvalue weighted by molar-refractivity contribution is 14.1. The summed E-state index contributed by atoms with van der Waals surface area (Å²) in [6.07, 6.45) is 0.734. The fraction of sp³-hybridized carbons (Fsp3) is 0.125. The summed E-state index contributed by atoms with van der Waals surface area (Å²) in [6.45, 7) is 0.175. The van der Waals surface area contributed by atoms with Crippen LogP contribution in [0.5, 0.6) is 11.5 Å². The fourth-order valence-electron chi connectivity index (χ4n) is 1.89. The standard InChI is InChI=1S/C16H13IO5/c1-21-14-7-11(8-18)6-13(17)15(14)22-9-10-3-2-4-12(5-10)16(19)20/h2-8H,9H2,1H3,(H,19,20)/p-1. The molecule has 0 aliphatic rings. The number of benzene rings is 2. The van der Waals surface area contributed by atoms with Gasteiger partial charge in [0.25, 0.3) is 0 Å². The van der Waals surface area contributed by atoms with Crippen LogP contribution in [0.1, 0.15) is 26.3 Å². The molecule has 0 amide bonds. The van der Waals surface area contributed by atoms with Crippen LogP contribution in [0.25, 0.3) is 0 Å². The van der Waals surface area contributed by atoms with Gasteiger partial charge in [0.05, 0.1) is 16.6 Å². The molecule has 0 aromatic heterocycles. The minimum absolute atomic E-state index is 0.0964. The van der Waals surface area contributed by atoms with Gasteiger partial charge in [-0.15, -0.1) is 0 Å². The zero-order valence-electron chi connectivity index (χ0n) is 11.7. The monoisotopic (exact) mass is 411 g/mol. The molecule has 0 atom stereocenters. The largest absolute Gasteiger partial charge is 0.545 e. The van der Waals surface area contributed by atoms with E-state index >= 15 is 0 Å². The summed E-state index contributed by atoms with van der Waals surface area (Å²) in [5, 5.41) is 10.8. The number of hydrogen-bond donors (Lipinski definition) is 0. The van der Waals surface area contributed by atoms with Crippen LogP contribution in [0.4, 0.5) is 0 Å². The van der Waals surface area contributed by atoms with Crippen LogP contribution in [0.3, 0.4) is 0 Å². The predicted molar refractivity (Wildman–Crippen MR) is 86.2 cm³/mol. The Kier molecular flexibility index (Phi) is 5.37. The SMILES string of the molecule is COc1cc(C=O)cc(I)c1OCc1cccc(C(=O)[O-])c1. The van der Waals surface area contributed by atoms with E-state index in [-0.39, 0.29) is 12.2 Å². The first-order valence-electron chi connectivity index (χ1n) is 6.31. The third-order valence-corrected chi connectivity index (χ3v) is 3.74. The molecule has 6 heteroatoms. The van der Waals surface area contributed by atoms with Crippen LogP contribution in [0.2, 0.25) is 0 Å². The number of halogens is 1. The molecule has 2 aromatic rings. The van der Waals surface area contributed by atoms with Gasteiger partial charge in [-0.1, -0.05) is 18.2 Å². The van der Waals surface area contributed by atoms with E-state index in [9.17, 15) is 14.7 Å². The molecule has 0 unspecified atom stereocenters. The molecule has 0 heterocycles. The van der Waals surface area contributed by atoms with Gasteiger partial charge in [0.2, 0.25) is 0 Å². The lowest BCUT2D eigenvalue weighted by Gasteiger charge is -2.14. The Balaban J connectivity index is 2.23. The summed E-state index contributed by atoms with van der Waals surface area (Å²) < 4.78 is 11.7. The van der Waals surface area contributed by atoms with Crippen molar-refractivity contribution < 1.29 is 24.2 Å². The summed E-state index contributed by atoms with van der Waals surface area (Å²) in [5.74, 6) is -0.276. The quantitative estimate of drug-likeness (QED) is 0.538. The first-order valence-corrected chi connectivity index (χ1v) is 7.39. The van der Waals surface area contributed by atoms with Gasteiger partial charge in [-0.05, 0) is 51.9 Å². The van der Waals surface area contributed by atoms with E-state index in [1.165, 1.54) is 19.2 Å². The molecular formula is C16H12IO5-. The maximum atomic E-state index is 10.9. The Morgan fingerprint density at radius 1 is 1.32 bits per heavy atom. The van der Waals surface area contributed by atoms with Crippen LogP contribution < -0.4 is 14.6 Å². The number of rotatable bonds is 6. The zero-order valence-corrected chi connectivity index (χ0v) is 13.8. The first-order chi connectivity index (χ1) is 10.5. The van der Waals surface area contributed by atoms with Gasteiger partial charge in [0, 0.05) is 5.56 Å². The fourth-order valence-corrected chi connectivity index (χ4v) is 2.67. The van der Waals surface area contributed by atoms with Crippen molar-refractivity contribution in [1.82, 2.24) is 0 Å². The van der Waals surface area contributed by atoms with E-state index in [1.807, 2.05) is 0 Å². The van der Waals surface area contributed by atoms with Crippen molar-refractivity contribution in [2.24, 2.45) is 0 Å². The Hall–Kier alpha value is -2.09. The van der Waals surface area contributed by atoms with Crippen LogP contribution in [0, 0.1) is 3.57 Å². The van der Waals surface area contributed by atoms with Crippen molar-refractivity contribution in [1.29, 1.82) is 0 Å². The minimum Gasteiger partial charge on any atom is -0.545 e. The maximum Gasteiger partial charge on any atom is 0.174 e. The first kappa shape index (κ1) is 16.3. The summed E-state index contributed by atoms with van der Waals surface area (Å²) >= 11 is 2.05. The molecule has 22 heavy (non-hydrogen) atoms. The van der Waals surface area contributed by atoms with Gasteiger partial charge in [-0.2, -0.15) is 0 Å². The van der Waals surface area contributed by atoms with Gasteiger partial charge in [-0.3, -0.25) is 4.79 Å². The zero-order chi connectivity index (χ0) is 16.1. The maximum absolute atomic E-state index is 10.9. The van der Waals surface area contributed by atoms with E-state index < -0.39 is 5.97 Å². The van der Waals surface area contributed by atoms with Crippen molar-refractivity contribution in [3.63, 3.8) is 0 Å². The summed E-state index contributed by atoms with van der Waals surface area (Å²) in [4.78, 5) is 21.7. The smallest absolute Gasteiger partial charge is 0.174 e. The highest BCUT2D eigenvalue weighted by Gasteiger charge is 2.12. The third kappa shape index (κ3) is 3.76. The Morgan fingerprint density at radius 3 is 2.73 bits per heavy atom. The molecule has 0 spiro atoms. The average molecular weight is 411 g/mol. The Morgan fingerprint density at radius 2 is 2.09 bits per heavy atom. The minimum atomic E-state index is -1.23. The highest BCUT2D eigenvalue weighted by Crippen LogP contribution is 2.34. The number of methoxy groups -OCH3 is 1. The van der Waals surface area contributed by atoms with Gasteiger partial charge >= 0.3 is 0 Å². The molecule has 0 saturated carbocycles. The number of aldehydes is 1. The Labute approximate surface area is 141 Å². The average Bonchev–Trinajstić information content (AvgIpc) is 2.53. The molecule has 114 valence electrons. The second-order valence-corrected chi connectivity index (χ2v) is 5.59. The summed E-state index contributed by atoms with van der Waals surface area (Å²) in [7, 11) is 1.49. The molecule has 2 aromatic carbocycles. The van der Waals surface area contributed by atoms with Crippen molar-refractivity contribution in [3.05, 3.63) is 56.7 Å². The molecule has 0 saturated heterocycles. The van der Waals surface area contributed by atoms with Crippen LogP contribution in [0.15, 0.2) is 36.4 Å². The lowest BCUT2D eigenvalue weighted by molar-refractivity contribution is -0.255. The number of hydrogen-bond acceptors (Lipinski definition) is 5. The van der Waals surface area contributed by atoms with Crippen LogP contribution in [-0.4, -0.2) is 19.4 Å². The van der Waals surface area contributed by atoms with Crippen molar-refractivity contribution in [3.8, 4) is 11.5 Å². The lowest BCUT2D eigenvalue weighted by Crippen LogP contribution is -2.22. The molecule has 0 aliphatic heterocycles. The van der Waals surface area contributed by atoms with Crippen molar-refractivity contribution in [2.75, 3.05) is 7.11 Å². The number of carbonyl (C=O) groups excluding carboxylic acids is 2. The van der Waals surface area contributed by atoms with E-state index in [0.29, 0.717) is 22.6 Å². The van der Waals surface area contributed by atoms with Gasteiger partial charge in [0.1, 0.15) is 12.9 Å². The number of carboxylic acids is 1. The second kappa shape index (κ2) is 7.26. The molecule has 2 rings (SSSR count). The molecular weight excluding hydrogens is 399 g/mol. The molecule has 5 nitrogen and oxygen atoms in total. The van der Waals surface area contributed by atoms with Crippen molar-refractivity contribution >= 4 is 34.8 Å². The molecule has 0 fully saturated rings. The van der Waals surface area contributed by atoms with Crippen LogP contribution in [-0.2, 0) is 6.61 Å². The third-order valence-electron chi connectivity index (χ3n) is 2.93. The highest BCUT2D eigenvalue weighted by atomic mass is 127.